The van der Waals surface area contributed by atoms with Gasteiger partial charge >= 0.3 is 0 Å². The second kappa shape index (κ2) is 12.3. The highest BCUT2D eigenvalue weighted by atomic mass is 31.1. The third-order valence-electron chi connectivity index (χ3n) is 7.34. The smallest absolute Gasteiger partial charge is 0.0119 e. The molecule has 1 aliphatic rings. The summed E-state index contributed by atoms with van der Waals surface area (Å²) in [6.45, 7) is 2.36. The monoisotopic (exact) mass is 442 g/mol. The normalized spacial score (nSPS) is 19.0. The molecule has 0 aliphatic carbocycles. The molecule has 3 aromatic carbocycles. The molecule has 0 nitrogen and oxygen atoms in total. The van der Waals surface area contributed by atoms with Crippen LogP contribution in [0.5, 0.6) is 0 Å². The van der Waals surface area contributed by atoms with E-state index in [1.807, 2.05) is 0 Å². The van der Waals surface area contributed by atoms with E-state index in [2.05, 4.69) is 104 Å². The van der Waals surface area contributed by atoms with Gasteiger partial charge in [0.15, 0.2) is 0 Å². The Morgan fingerprint density at radius 2 is 1.12 bits per heavy atom. The Morgan fingerprint density at radius 1 is 0.625 bits per heavy atom. The minimum atomic E-state index is -0.331. The molecule has 1 heteroatoms. The molecule has 32 heavy (non-hydrogen) atoms. The van der Waals surface area contributed by atoms with Crippen molar-refractivity contribution in [2.45, 2.75) is 63.2 Å². The molecule has 1 heterocycles. The first-order valence-corrected chi connectivity index (χ1v) is 14.7. The molecule has 0 spiro atoms. The highest BCUT2D eigenvalue weighted by Gasteiger charge is 2.24. The zero-order valence-electron chi connectivity index (χ0n) is 19.6. The first-order valence-electron chi connectivity index (χ1n) is 12.7. The summed E-state index contributed by atoms with van der Waals surface area (Å²) in [4.78, 5) is 0. The Hall–Kier alpha value is -2.04. The van der Waals surface area contributed by atoms with Crippen molar-refractivity contribution >= 4 is 13.3 Å². The van der Waals surface area contributed by atoms with Crippen LogP contribution in [0.3, 0.4) is 0 Å². The van der Waals surface area contributed by atoms with E-state index in [-0.39, 0.29) is 7.55 Å². The van der Waals surface area contributed by atoms with Crippen molar-refractivity contribution in [3.05, 3.63) is 108 Å². The van der Waals surface area contributed by atoms with E-state index >= 15 is 0 Å². The van der Waals surface area contributed by atoms with Gasteiger partial charge in [-0.2, -0.15) is 0 Å². The average Bonchev–Trinajstić information content (AvgIpc) is 2.88. The fourth-order valence-electron chi connectivity index (χ4n) is 5.51. The molecule has 0 aromatic heterocycles. The van der Waals surface area contributed by atoms with Gasteiger partial charge in [0.25, 0.3) is 0 Å². The van der Waals surface area contributed by atoms with Gasteiger partial charge < -0.3 is 0 Å². The van der Waals surface area contributed by atoms with Crippen LogP contribution in [0.25, 0.3) is 0 Å². The van der Waals surface area contributed by atoms with Gasteiger partial charge in [-0.25, -0.2) is 0 Å². The van der Waals surface area contributed by atoms with E-state index < -0.39 is 0 Å². The van der Waals surface area contributed by atoms with Gasteiger partial charge in [0, 0.05) is 0 Å². The Kier molecular flexibility index (Phi) is 8.87. The Bertz CT molecular complexity index is 946. The third-order valence-corrected chi connectivity index (χ3v) is 10.2. The van der Waals surface area contributed by atoms with E-state index in [0.29, 0.717) is 17.8 Å². The van der Waals surface area contributed by atoms with Crippen molar-refractivity contribution in [1.29, 1.82) is 0 Å². The molecule has 0 radical (unpaired) electrons. The number of hydrogen-bond donors (Lipinski definition) is 0. The van der Waals surface area contributed by atoms with E-state index in [9.17, 15) is 0 Å². The van der Waals surface area contributed by atoms with Crippen molar-refractivity contribution in [2.24, 2.45) is 0 Å². The maximum atomic E-state index is 2.72. The van der Waals surface area contributed by atoms with Crippen LogP contribution >= 0.6 is 7.55 Å². The minimum absolute atomic E-state index is 0.331. The SMILES string of the molecule is CCC(CC(CC(C[PH]1=CCCCC1)c1ccccc1)c1ccccc1)c1ccccc1. The molecular formula is C31H39P. The molecule has 4 unspecified atom stereocenters. The van der Waals surface area contributed by atoms with Gasteiger partial charge in [-0.1, -0.05) is 104 Å². The topological polar surface area (TPSA) is 0 Å². The standard InChI is InChI=1S/C31H39P/c1-2-26(27-15-7-3-8-16-27)23-30(28-17-9-4-10-18-28)24-31(29-19-11-5-12-20-29)25-32-21-13-6-14-22-32/h3-5,7-12,15-21,26,30-32H,2,6,13-14,22-25H2,1H3. The van der Waals surface area contributed by atoms with Crippen molar-refractivity contribution in [2.75, 3.05) is 12.3 Å². The summed E-state index contributed by atoms with van der Waals surface area (Å²) in [5, 5.41) is 0. The van der Waals surface area contributed by atoms with E-state index in [4.69, 9.17) is 0 Å². The third kappa shape index (κ3) is 6.49. The average molecular weight is 443 g/mol. The molecule has 168 valence electrons. The summed E-state index contributed by atoms with van der Waals surface area (Å²) in [6.07, 6.45) is 10.8. The molecule has 0 saturated carbocycles. The summed E-state index contributed by atoms with van der Waals surface area (Å²) in [5.74, 6) is 4.60. The molecule has 0 bridgehead atoms. The lowest BCUT2D eigenvalue weighted by molar-refractivity contribution is 0.469. The quantitative estimate of drug-likeness (QED) is 0.275. The predicted octanol–water partition coefficient (Wildman–Crippen LogP) is 8.73. The highest BCUT2D eigenvalue weighted by molar-refractivity contribution is 7.57. The summed E-state index contributed by atoms with van der Waals surface area (Å²) in [7, 11) is -0.331. The molecule has 0 saturated heterocycles. The summed E-state index contributed by atoms with van der Waals surface area (Å²) >= 11 is 0. The van der Waals surface area contributed by atoms with Crippen molar-refractivity contribution in [3.63, 3.8) is 0 Å². The molecule has 0 N–H and O–H groups in total. The predicted molar refractivity (Wildman–Crippen MR) is 145 cm³/mol. The molecule has 4 atom stereocenters. The second-order valence-electron chi connectivity index (χ2n) is 9.51. The maximum Gasteiger partial charge on any atom is -0.0119 e. The highest BCUT2D eigenvalue weighted by Crippen LogP contribution is 2.42. The Balaban J connectivity index is 1.61. The lowest BCUT2D eigenvalue weighted by Crippen LogP contribution is -2.13. The van der Waals surface area contributed by atoms with Gasteiger partial charge in [-0.3, -0.25) is 0 Å². The number of benzene rings is 3. The first-order chi connectivity index (χ1) is 15.8. The fraction of sp³-hybridized carbons (Fsp3) is 0.387. The molecular weight excluding hydrogens is 403 g/mol. The van der Waals surface area contributed by atoms with Gasteiger partial charge in [0.05, 0.1) is 0 Å². The molecule has 1 aliphatic heterocycles. The van der Waals surface area contributed by atoms with Crippen molar-refractivity contribution in [1.82, 2.24) is 0 Å². The molecule has 3 aromatic rings. The zero-order chi connectivity index (χ0) is 22.0. The van der Waals surface area contributed by atoms with E-state index in [1.54, 1.807) is 5.56 Å². The van der Waals surface area contributed by atoms with Crippen molar-refractivity contribution < 1.29 is 0 Å². The summed E-state index contributed by atoms with van der Waals surface area (Å²) in [5.41, 5.74) is 4.57. The first kappa shape index (κ1) is 23.1. The Labute approximate surface area is 196 Å². The van der Waals surface area contributed by atoms with Gasteiger partial charge in [0.1, 0.15) is 0 Å². The van der Waals surface area contributed by atoms with Gasteiger partial charge in [-0.15, -0.1) is 7.55 Å². The van der Waals surface area contributed by atoms with E-state index in [0.717, 1.165) is 0 Å². The molecule has 0 amide bonds. The van der Waals surface area contributed by atoms with Crippen LogP contribution < -0.4 is 0 Å². The number of rotatable bonds is 10. The van der Waals surface area contributed by atoms with Crippen LogP contribution in [0.2, 0.25) is 0 Å². The van der Waals surface area contributed by atoms with Crippen molar-refractivity contribution in [3.8, 4) is 0 Å². The summed E-state index contributed by atoms with van der Waals surface area (Å²) < 4.78 is 0. The van der Waals surface area contributed by atoms with Crippen LogP contribution in [-0.2, 0) is 0 Å². The van der Waals surface area contributed by atoms with E-state index in [1.165, 1.54) is 62.0 Å². The molecule has 4 rings (SSSR count). The fourth-order valence-corrected chi connectivity index (χ4v) is 8.44. The second-order valence-corrected chi connectivity index (χ2v) is 12.1. The largest absolute Gasteiger partial charge is 0.121 e. The van der Waals surface area contributed by atoms with Crippen LogP contribution in [0.1, 0.15) is 79.9 Å². The lowest BCUT2D eigenvalue weighted by atomic mass is 9.78. The Morgan fingerprint density at radius 3 is 1.62 bits per heavy atom. The lowest BCUT2D eigenvalue weighted by Gasteiger charge is -2.29. The number of hydrogen-bond acceptors (Lipinski definition) is 0. The van der Waals surface area contributed by atoms with Crippen LogP contribution in [-0.4, -0.2) is 18.1 Å². The van der Waals surface area contributed by atoms with Crippen LogP contribution in [0, 0.1) is 0 Å². The van der Waals surface area contributed by atoms with Crippen LogP contribution in [0.15, 0.2) is 91.0 Å². The minimum Gasteiger partial charge on any atom is -0.121 e. The van der Waals surface area contributed by atoms with Gasteiger partial charge in [-0.05, 0) is 85.3 Å². The molecule has 0 fully saturated rings. The maximum absolute atomic E-state index is 2.72. The summed E-state index contributed by atoms with van der Waals surface area (Å²) in [6, 6.07) is 33.9. The zero-order valence-corrected chi connectivity index (χ0v) is 20.6. The van der Waals surface area contributed by atoms with Crippen LogP contribution in [0.4, 0.5) is 0 Å². The van der Waals surface area contributed by atoms with Gasteiger partial charge in [0.2, 0.25) is 0 Å².